The Kier molecular flexibility index (Phi) is 3.08. The molecule has 0 radical (unpaired) electrons. The highest BCUT2D eigenvalue weighted by Crippen LogP contribution is 2.57. The second kappa shape index (κ2) is 4.48. The number of rotatable bonds is 2. The van der Waals surface area contributed by atoms with Gasteiger partial charge in [-0.05, 0) is 31.4 Å². The number of hydrogen-bond donors (Lipinski definition) is 0. The summed E-state index contributed by atoms with van der Waals surface area (Å²) >= 11 is 3.69. The topological polar surface area (TPSA) is 9.23 Å². The van der Waals surface area contributed by atoms with Gasteiger partial charge in [0.1, 0.15) is 11.9 Å². The minimum absolute atomic E-state index is 0.0596. The van der Waals surface area contributed by atoms with Crippen LogP contribution in [0.3, 0.4) is 0 Å². The molecule has 0 heterocycles. The standard InChI is InChI=1S/C14H15BrF2O/c15-12-8-13(14(12)5-1-2-6-14)18-11-4-3-9(16)7-10(11)17/h3-4,7,12-13H,1-2,5-6,8H2. The van der Waals surface area contributed by atoms with Crippen molar-refractivity contribution >= 4 is 15.9 Å². The molecule has 2 aliphatic carbocycles. The van der Waals surface area contributed by atoms with Crippen molar-refractivity contribution in [3.8, 4) is 5.75 Å². The molecule has 2 saturated carbocycles. The van der Waals surface area contributed by atoms with Gasteiger partial charge in [0.05, 0.1) is 0 Å². The normalized spacial score (nSPS) is 29.3. The van der Waals surface area contributed by atoms with E-state index in [2.05, 4.69) is 15.9 Å². The average molecular weight is 317 g/mol. The van der Waals surface area contributed by atoms with Gasteiger partial charge >= 0.3 is 0 Å². The molecule has 2 fully saturated rings. The van der Waals surface area contributed by atoms with Gasteiger partial charge in [0.2, 0.25) is 0 Å². The Labute approximate surface area is 114 Å². The molecule has 2 aliphatic rings. The molecule has 4 heteroatoms. The van der Waals surface area contributed by atoms with Crippen LogP contribution in [0, 0.1) is 17.0 Å². The largest absolute Gasteiger partial charge is 0.487 e. The highest BCUT2D eigenvalue weighted by Gasteiger charge is 2.56. The Balaban J connectivity index is 1.77. The summed E-state index contributed by atoms with van der Waals surface area (Å²) in [6, 6.07) is 3.50. The minimum atomic E-state index is -0.610. The highest BCUT2D eigenvalue weighted by atomic mass is 79.9. The fourth-order valence-corrected chi connectivity index (χ4v) is 4.35. The molecule has 18 heavy (non-hydrogen) atoms. The molecule has 3 rings (SSSR count). The first-order valence-corrected chi connectivity index (χ1v) is 7.29. The van der Waals surface area contributed by atoms with Crippen molar-refractivity contribution in [3.63, 3.8) is 0 Å². The van der Waals surface area contributed by atoms with E-state index in [0.29, 0.717) is 4.83 Å². The van der Waals surface area contributed by atoms with Crippen LogP contribution in [0.1, 0.15) is 32.1 Å². The first-order chi connectivity index (χ1) is 8.62. The number of ether oxygens (including phenoxy) is 1. The van der Waals surface area contributed by atoms with E-state index in [1.165, 1.54) is 25.0 Å². The van der Waals surface area contributed by atoms with E-state index in [0.717, 1.165) is 25.3 Å². The van der Waals surface area contributed by atoms with Gasteiger partial charge in [0.25, 0.3) is 0 Å². The first-order valence-electron chi connectivity index (χ1n) is 6.37. The second-order valence-electron chi connectivity index (χ2n) is 5.32. The molecule has 0 bridgehead atoms. The van der Waals surface area contributed by atoms with Crippen molar-refractivity contribution in [1.29, 1.82) is 0 Å². The monoisotopic (exact) mass is 316 g/mol. The Hall–Kier alpha value is -0.640. The van der Waals surface area contributed by atoms with E-state index < -0.39 is 11.6 Å². The molecule has 1 aromatic carbocycles. The van der Waals surface area contributed by atoms with E-state index in [1.54, 1.807) is 0 Å². The zero-order valence-corrected chi connectivity index (χ0v) is 11.6. The number of benzene rings is 1. The van der Waals surface area contributed by atoms with Crippen LogP contribution in [-0.2, 0) is 0 Å². The lowest BCUT2D eigenvalue weighted by Gasteiger charge is -2.51. The lowest BCUT2D eigenvalue weighted by molar-refractivity contribution is -0.0324. The van der Waals surface area contributed by atoms with Crippen LogP contribution in [0.25, 0.3) is 0 Å². The van der Waals surface area contributed by atoms with Crippen LogP contribution in [0.2, 0.25) is 0 Å². The molecule has 0 amide bonds. The maximum absolute atomic E-state index is 13.6. The summed E-state index contributed by atoms with van der Waals surface area (Å²) in [5, 5.41) is 0. The third kappa shape index (κ3) is 1.85. The lowest BCUT2D eigenvalue weighted by Crippen LogP contribution is -2.55. The van der Waals surface area contributed by atoms with Crippen molar-refractivity contribution in [1.82, 2.24) is 0 Å². The lowest BCUT2D eigenvalue weighted by atomic mass is 9.64. The maximum atomic E-state index is 13.6. The average Bonchev–Trinajstić information content (AvgIpc) is 2.83. The van der Waals surface area contributed by atoms with Crippen LogP contribution >= 0.6 is 15.9 Å². The zero-order valence-electron chi connectivity index (χ0n) is 9.96. The Morgan fingerprint density at radius 3 is 2.56 bits per heavy atom. The van der Waals surface area contributed by atoms with Crippen LogP contribution in [0.4, 0.5) is 8.78 Å². The summed E-state index contributed by atoms with van der Waals surface area (Å²) in [4.78, 5) is 0.473. The van der Waals surface area contributed by atoms with Gasteiger partial charge in [-0.2, -0.15) is 0 Å². The van der Waals surface area contributed by atoms with E-state index in [-0.39, 0.29) is 17.3 Å². The molecule has 1 spiro atoms. The van der Waals surface area contributed by atoms with Gasteiger partial charge in [0, 0.05) is 16.3 Å². The van der Waals surface area contributed by atoms with E-state index in [1.807, 2.05) is 0 Å². The molecule has 0 aromatic heterocycles. The summed E-state index contributed by atoms with van der Waals surface area (Å²) in [5.41, 5.74) is 0.167. The molecule has 98 valence electrons. The SMILES string of the molecule is Fc1ccc(OC2CC(Br)C23CCCC3)c(F)c1. The van der Waals surface area contributed by atoms with Gasteiger partial charge in [-0.3, -0.25) is 0 Å². The number of hydrogen-bond acceptors (Lipinski definition) is 1. The fraction of sp³-hybridized carbons (Fsp3) is 0.571. The highest BCUT2D eigenvalue weighted by molar-refractivity contribution is 9.09. The molecule has 0 saturated heterocycles. The predicted molar refractivity (Wildman–Crippen MR) is 69.0 cm³/mol. The zero-order chi connectivity index (χ0) is 12.8. The van der Waals surface area contributed by atoms with Gasteiger partial charge < -0.3 is 4.74 Å². The summed E-state index contributed by atoms with van der Waals surface area (Å²) in [6.45, 7) is 0. The van der Waals surface area contributed by atoms with Crippen molar-refractivity contribution < 1.29 is 13.5 Å². The van der Waals surface area contributed by atoms with Crippen molar-refractivity contribution in [3.05, 3.63) is 29.8 Å². The Morgan fingerprint density at radius 2 is 1.94 bits per heavy atom. The second-order valence-corrected chi connectivity index (χ2v) is 6.43. The molecule has 2 unspecified atom stereocenters. The van der Waals surface area contributed by atoms with Gasteiger partial charge in [-0.25, -0.2) is 8.78 Å². The molecule has 0 aliphatic heterocycles. The Bertz CT molecular complexity index is 457. The molecule has 1 aromatic rings. The van der Waals surface area contributed by atoms with Gasteiger partial charge in [-0.15, -0.1) is 0 Å². The smallest absolute Gasteiger partial charge is 0.167 e. The molecule has 0 N–H and O–H groups in total. The summed E-state index contributed by atoms with van der Waals surface area (Å²) < 4.78 is 32.2. The third-order valence-corrected chi connectivity index (χ3v) is 5.67. The summed E-state index contributed by atoms with van der Waals surface area (Å²) in [5.74, 6) is -1.00. The first kappa shape index (κ1) is 12.4. The molecule has 1 nitrogen and oxygen atoms in total. The van der Waals surface area contributed by atoms with Gasteiger partial charge in [-0.1, -0.05) is 28.8 Å². The van der Waals surface area contributed by atoms with Crippen LogP contribution in [0.5, 0.6) is 5.75 Å². The maximum Gasteiger partial charge on any atom is 0.167 e. The molecule has 2 atom stereocenters. The van der Waals surface area contributed by atoms with Crippen LogP contribution in [0.15, 0.2) is 18.2 Å². The number of alkyl halides is 1. The van der Waals surface area contributed by atoms with E-state index in [4.69, 9.17) is 4.74 Å². The number of halogens is 3. The quantitative estimate of drug-likeness (QED) is 0.733. The predicted octanol–water partition coefficient (Wildman–Crippen LogP) is 4.44. The summed E-state index contributed by atoms with van der Waals surface area (Å²) in [6.07, 6.45) is 5.66. The fourth-order valence-electron chi connectivity index (χ4n) is 3.26. The van der Waals surface area contributed by atoms with E-state index >= 15 is 0 Å². The Morgan fingerprint density at radius 1 is 1.22 bits per heavy atom. The van der Waals surface area contributed by atoms with E-state index in [9.17, 15) is 8.78 Å². The van der Waals surface area contributed by atoms with Crippen molar-refractivity contribution in [2.75, 3.05) is 0 Å². The van der Waals surface area contributed by atoms with Gasteiger partial charge in [0.15, 0.2) is 11.6 Å². The van der Waals surface area contributed by atoms with Crippen LogP contribution in [-0.4, -0.2) is 10.9 Å². The van der Waals surface area contributed by atoms with Crippen molar-refractivity contribution in [2.24, 2.45) is 5.41 Å². The van der Waals surface area contributed by atoms with Crippen LogP contribution < -0.4 is 4.74 Å². The molecular formula is C14H15BrF2O. The minimum Gasteiger partial charge on any atom is -0.487 e. The summed E-state index contributed by atoms with van der Waals surface area (Å²) in [7, 11) is 0. The third-order valence-electron chi connectivity index (χ3n) is 4.38. The molecular weight excluding hydrogens is 302 g/mol. The van der Waals surface area contributed by atoms with Crippen molar-refractivity contribution in [2.45, 2.75) is 43.0 Å².